The van der Waals surface area contributed by atoms with Gasteiger partial charge in [-0.1, -0.05) is 6.42 Å². The summed E-state index contributed by atoms with van der Waals surface area (Å²) in [6.45, 7) is 3.04. The number of rotatable bonds is 5. The standard InChI is InChI=1S/C12H19BrN4O/c1-2-14-12-15-6-9(13)11(17-12)16-10-5-3-4-8(10)7-18/h6,8,10,18H,2-5,7H2,1H3,(H2,14,15,16,17). The largest absolute Gasteiger partial charge is 0.396 e. The van der Waals surface area contributed by atoms with Crippen molar-refractivity contribution in [2.45, 2.75) is 32.2 Å². The third kappa shape index (κ3) is 3.11. The molecule has 1 aromatic rings. The molecule has 18 heavy (non-hydrogen) atoms. The number of anilines is 2. The Morgan fingerprint density at radius 1 is 1.50 bits per heavy atom. The van der Waals surface area contributed by atoms with Crippen LogP contribution in [0.15, 0.2) is 10.7 Å². The van der Waals surface area contributed by atoms with Crippen LogP contribution in [-0.4, -0.2) is 34.3 Å². The van der Waals surface area contributed by atoms with Crippen molar-refractivity contribution in [3.8, 4) is 0 Å². The molecule has 3 N–H and O–H groups in total. The van der Waals surface area contributed by atoms with Crippen molar-refractivity contribution in [3.63, 3.8) is 0 Å². The summed E-state index contributed by atoms with van der Waals surface area (Å²) in [7, 11) is 0. The molecule has 0 saturated heterocycles. The summed E-state index contributed by atoms with van der Waals surface area (Å²) in [6, 6.07) is 0.302. The van der Waals surface area contributed by atoms with E-state index in [-0.39, 0.29) is 6.61 Å². The van der Waals surface area contributed by atoms with E-state index < -0.39 is 0 Å². The molecule has 0 bridgehead atoms. The molecule has 1 saturated carbocycles. The van der Waals surface area contributed by atoms with Gasteiger partial charge in [-0.3, -0.25) is 0 Å². The summed E-state index contributed by atoms with van der Waals surface area (Å²) in [5, 5.41) is 15.8. The maximum atomic E-state index is 9.33. The van der Waals surface area contributed by atoms with Crippen LogP contribution in [0.1, 0.15) is 26.2 Å². The van der Waals surface area contributed by atoms with E-state index in [0.29, 0.717) is 17.9 Å². The summed E-state index contributed by atoms with van der Waals surface area (Å²) in [4.78, 5) is 8.62. The van der Waals surface area contributed by atoms with E-state index in [1.54, 1.807) is 6.20 Å². The lowest BCUT2D eigenvalue weighted by molar-refractivity contribution is 0.222. The Hall–Kier alpha value is -0.880. The molecular weight excluding hydrogens is 296 g/mol. The first-order chi connectivity index (χ1) is 8.74. The fraction of sp³-hybridized carbons (Fsp3) is 0.667. The molecule has 1 fully saturated rings. The molecule has 5 nitrogen and oxygen atoms in total. The van der Waals surface area contributed by atoms with Crippen LogP contribution in [-0.2, 0) is 0 Å². The van der Waals surface area contributed by atoms with Crippen molar-refractivity contribution < 1.29 is 5.11 Å². The highest BCUT2D eigenvalue weighted by atomic mass is 79.9. The van der Waals surface area contributed by atoms with E-state index in [1.165, 1.54) is 0 Å². The van der Waals surface area contributed by atoms with Gasteiger partial charge in [-0.15, -0.1) is 0 Å². The molecule has 1 aromatic heterocycles. The Labute approximate surface area is 116 Å². The average molecular weight is 315 g/mol. The van der Waals surface area contributed by atoms with Gasteiger partial charge in [-0.25, -0.2) is 4.98 Å². The highest BCUT2D eigenvalue weighted by molar-refractivity contribution is 9.10. The van der Waals surface area contributed by atoms with Gasteiger partial charge in [0.25, 0.3) is 0 Å². The summed E-state index contributed by atoms with van der Waals surface area (Å²) in [6.07, 6.45) is 5.07. The van der Waals surface area contributed by atoms with Crippen LogP contribution in [0.2, 0.25) is 0 Å². The number of hydrogen-bond acceptors (Lipinski definition) is 5. The van der Waals surface area contributed by atoms with Crippen LogP contribution in [0.4, 0.5) is 11.8 Å². The molecule has 2 atom stereocenters. The fourth-order valence-corrected chi connectivity index (χ4v) is 2.64. The predicted octanol–water partition coefficient (Wildman–Crippen LogP) is 2.24. The molecule has 2 unspecified atom stereocenters. The van der Waals surface area contributed by atoms with Crippen molar-refractivity contribution >= 4 is 27.7 Å². The van der Waals surface area contributed by atoms with Gasteiger partial charge < -0.3 is 15.7 Å². The minimum Gasteiger partial charge on any atom is -0.396 e. The van der Waals surface area contributed by atoms with Crippen molar-refractivity contribution in [1.82, 2.24) is 9.97 Å². The highest BCUT2D eigenvalue weighted by Crippen LogP contribution is 2.30. The van der Waals surface area contributed by atoms with Gasteiger partial charge in [0.15, 0.2) is 0 Å². The Kier molecular flexibility index (Phi) is 4.77. The lowest BCUT2D eigenvalue weighted by Gasteiger charge is -2.20. The maximum Gasteiger partial charge on any atom is 0.224 e. The summed E-state index contributed by atoms with van der Waals surface area (Å²) >= 11 is 3.45. The second-order valence-corrected chi connectivity index (χ2v) is 5.40. The van der Waals surface area contributed by atoms with Gasteiger partial charge in [0.2, 0.25) is 5.95 Å². The number of nitrogens with zero attached hydrogens (tertiary/aromatic N) is 2. The molecule has 2 rings (SSSR count). The third-order valence-corrected chi connectivity index (χ3v) is 3.88. The average Bonchev–Trinajstić information content (AvgIpc) is 2.81. The number of aliphatic hydroxyl groups excluding tert-OH is 1. The van der Waals surface area contributed by atoms with Crippen LogP contribution >= 0.6 is 15.9 Å². The van der Waals surface area contributed by atoms with Gasteiger partial charge in [0.1, 0.15) is 5.82 Å². The van der Waals surface area contributed by atoms with Crippen molar-refractivity contribution in [2.24, 2.45) is 5.92 Å². The molecule has 1 heterocycles. The molecule has 0 amide bonds. The zero-order chi connectivity index (χ0) is 13.0. The summed E-state index contributed by atoms with van der Waals surface area (Å²) in [5.41, 5.74) is 0. The number of halogens is 1. The molecular formula is C12H19BrN4O. The molecule has 100 valence electrons. The lowest BCUT2D eigenvalue weighted by atomic mass is 10.1. The highest BCUT2D eigenvalue weighted by Gasteiger charge is 2.27. The first-order valence-corrected chi connectivity index (χ1v) is 7.17. The van der Waals surface area contributed by atoms with Crippen LogP contribution in [0.25, 0.3) is 0 Å². The van der Waals surface area contributed by atoms with E-state index in [1.807, 2.05) is 6.92 Å². The number of aromatic nitrogens is 2. The van der Waals surface area contributed by atoms with Crippen molar-refractivity contribution in [2.75, 3.05) is 23.8 Å². The SMILES string of the molecule is CCNc1ncc(Br)c(NC2CCCC2CO)n1. The normalized spacial score (nSPS) is 23.1. The predicted molar refractivity (Wildman–Crippen MR) is 75.7 cm³/mol. The molecule has 1 aliphatic carbocycles. The quantitative estimate of drug-likeness (QED) is 0.777. The monoisotopic (exact) mass is 314 g/mol. The van der Waals surface area contributed by atoms with E-state index in [2.05, 4.69) is 36.5 Å². The molecule has 0 radical (unpaired) electrons. The zero-order valence-corrected chi connectivity index (χ0v) is 12.1. The minimum atomic E-state index is 0.237. The van der Waals surface area contributed by atoms with E-state index in [9.17, 15) is 5.11 Å². The number of nitrogens with one attached hydrogen (secondary N) is 2. The van der Waals surface area contributed by atoms with Gasteiger partial charge in [-0.05, 0) is 35.7 Å². The zero-order valence-electron chi connectivity index (χ0n) is 10.5. The molecule has 0 aliphatic heterocycles. The Bertz CT molecular complexity index is 402. The molecule has 1 aliphatic rings. The van der Waals surface area contributed by atoms with Gasteiger partial charge in [-0.2, -0.15) is 4.98 Å². The molecule has 0 aromatic carbocycles. The van der Waals surface area contributed by atoms with Gasteiger partial charge >= 0.3 is 0 Å². The summed E-state index contributed by atoms with van der Waals surface area (Å²) < 4.78 is 0.854. The number of aliphatic hydroxyl groups is 1. The van der Waals surface area contributed by atoms with Crippen LogP contribution < -0.4 is 10.6 Å². The van der Waals surface area contributed by atoms with Crippen LogP contribution in [0.3, 0.4) is 0 Å². The number of hydrogen-bond donors (Lipinski definition) is 3. The first kappa shape index (κ1) is 13.5. The van der Waals surface area contributed by atoms with E-state index in [4.69, 9.17) is 0 Å². The molecule has 6 heteroatoms. The first-order valence-electron chi connectivity index (χ1n) is 6.38. The van der Waals surface area contributed by atoms with Gasteiger partial charge in [0.05, 0.1) is 4.47 Å². The molecule has 0 spiro atoms. The van der Waals surface area contributed by atoms with Crippen LogP contribution in [0.5, 0.6) is 0 Å². The smallest absolute Gasteiger partial charge is 0.224 e. The van der Waals surface area contributed by atoms with Crippen LogP contribution in [0, 0.1) is 5.92 Å². The second kappa shape index (κ2) is 6.33. The van der Waals surface area contributed by atoms with Crippen molar-refractivity contribution in [3.05, 3.63) is 10.7 Å². The van der Waals surface area contributed by atoms with E-state index in [0.717, 1.165) is 36.1 Å². The Morgan fingerprint density at radius 3 is 3.06 bits per heavy atom. The maximum absolute atomic E-state index is 9.33. The Balaban J connectivity index is 2.09. The second-order valence-electron chi connectivity index (χ2n) is 4.54. The minimum absolute atomic E-state index is 0.237. The van der Waals surface area contributed by atoms with Crippen molar-refractivity contribution in [1.29, 1.82) is 0 Å². The summed E-state index contributed by atoms with van der Waals surface area (Å²) in [5.74, 6) is 1.75. The third-order valence-electron chi connectivity index (χ3n) is 3.29. The topological polar surface area (TPSA) is 70.1 Å². The fourth-order valence-electron chi connectivity index (χ4n) is 2.33. The Morgan fingerprint density at radius 2 is 2.33 bits per heavy atom. The van der Waals surface area contributed by atoms with Gasteiger partial charge in [0, 0.05) is 31.3 Å². The van der Waals surface area contributed by atoms with E-state index >= 15 is 0 Å². The lowest BCUT2D eigenvalue weighted by Crippen LogP contribution is -2.27.